The minimum absolute atomic E-state index is 0.0327. The van der Waals surface area contributed by atoms with E-state index in [1.54, 1.807) is 24.5 Å². The van der Waals surface area contributed by atoms with Gasteiger partial charge in [0, 0.05) is 10.4 Å². The Morgan fingerprint density at radius 3 is 2.86 bits per heavy atom. The molecule has 37 heavy (non-hydrogen) atoms. The number of benzene rings is 2. The lowest BCUT2D eigenvalue weighted by Gasteiger charge is -2.30. The van der Waals surface area contributed by atoms with Gasteiger partial charge in [-0.25, -0.2) is 4.99 Å². The molecular formula is C29H23BrN2O3S2. The number of rotatable bonds is 6. The van der Waals surface area contributed by atoms with Gasteiger partial charge in [-0.2, -0.15) is 0 Å². The number of ether oxygens (including phenoxy) is 2. The van der Waals surface area contributed by atoms with Gasteiger partial charge in [-0.15, -0.1) is 11.3 Å². The van der Waals surface area contributed by atoms with Crippen LogP contribution in [0.1, 0.15) is 34.0 Å². The number of aryl methyl sites for hydroxylation is 1. The highest BCUT2D eigenvalue weighted by Crippen LogP contribution is 2.42. The van der Waals surface area contributed by atoms with Gasteiger partial charge in [0.25, 0.3) is 5.56 Å². The van der Waals surface area contributed by atoms with Crippen molar-refractivity contribution in [2.45, 2.75) is 18.9 Å². The summed E-state index contributed by atoms with van der Waals surface area (Å²) >= 11 is 6.69. The fourth-order valence-corrected chi connectivity index (χ4v) is 7.40. The van der Waals surface area contributed by atoms with Crippen molar-refractivity contribution >= 4 is 50.4 Å². The molecule has 4 aromatic rings. The van der Waals surface area contributed by atoms with Crippen LogP contribution < -0.4 is 24.4 Å². The largest absolute Gasteiger partial charge is 0.493 e. The molecule has 1 aliphatic carbocycles. The Balaban J connectivity index is 1.54. The van der Waals surface area contributed by atoms with Crippen LogP contribution in [-0.4, -0.2) is 18.3 Å². The number of aromatic nitrogens is 1. The van der Waals surface area contributed by atoms with Crippen molar-refractivity contribution in [2.24, 2.45) is 4.99 Å². The number of thiazole rings is 1. The maximum Gasteiger partial charge on any atom is 0.271 e. The molecule has 0 saturated carbocycles. The second-order valence-corrected chi connectivity index (χ2v) is 11.6. The van der Waals surface area contributed by atoms with E-state index in [1.165, 1.54) is 28.0 Å². The molecule has 0 radical (unpaired) electrons. The van der Waals surface area contributed by atoms with Crippen LogP contribution >= 0.6 is 38.6 Å². The van der Waals surface area contributed by atoms with Crippen LogP contribution in [-0.2, 0) is 6.42 Å². The highest BCUT2D eigenvalue weighted by Gasteiger charge is 2.33. The number of methoxy groups -OCH3 is 1. The summed E-state index contributed by atoms with van der Waals surface area (Å²) < 4.78 is 14.6. The highest BCUT2D eigenvalue weighted by molar-refractivity contribution is 9.10. The van der Waals surface area contributed by atoms with Crippen LogP contribution in [0.5, 0.6) is 11.5 Å². The van der Waals surface area contributed by atoms with Gasteiger partial charge in [0.2, 0.25) is 0 Å². The Morgan fingerprint density at radius 2 is 2.08 bits per heavy atom. The lowest BCUT2D eigenvalue weighted by Crippen LogP contribution is -2.38. The summed E-state index contributed by atoms with van der Waals surface area (Å²) in [5, 5.41) is 2.07. The molecule has 2 aliphatic rings. The molecule has 1 aliphatic heterocycles. The molecular weight excluding hydrogens is 568 g/mol. The fraction of sp³-hybridized carbons (Fsp3) is 0.172. The molecule has 0 bridgehead atoms. The summed E-state index contributed by atoms with van der Waals surface area (Å²) in [5.74, 6) is 1.18. The van der Waals surface area contributed by atoms with E-state index < -0.39 is 0 Å². The third-order valence-corrected chi connectivity index (χ3v) is 9.08. The summed E-state index contributed by atoms with van der Waals surface area (Å²) in [6, 6.07) is 16.3. The van der Waals surface area contributed by atoms with Gasteiger partial charge >= 0.3 is 0 Å². The lowest BCUT2D eigenvalue weighted by atomic mass is 9.85. The van der Waals surface area contributed by atoms with Crippen molar-refractivity contribution < 1.29 is 9.47 Å². The SMILES string of the molecule is C=CCOc1c(Br)cc(C=c2sc3n(c2=O)C(c2cccs2)C2=C(N=3)c3ccccc3CC2)cc1OC. The molecule has 0 fully saturated rings. The summed E-state index contributed by atoms with van der Waals surface area (Å²) in [6.07, 6.45) is 5.42. The molecule has 1 atom stereocenters. The van der Waals surface area contributed by atoms with E-state index >= 15 is 0 Å². The number of hydrogen-bond acceptors (Lipinski definition) is 6. The zero-order valence-electron chi connectivity index (χ0n) is 20.1. The van der Waals surface area contributed by atoms with Crippen molar-refractivity contribution in [2.75, 3.05) is 13.7 Å². The van der Waals surface area contributed by atoms with Gasteiger partial charge in [0.15, 0.2) is 16.3 Å². The molecule has 1 unspecified atom stereocenters. The first kappa shape index (κ1) is 24.2. The summed E-state index contributed by atoms with van der Waals surface area (Å²) in [7, 11) is 1.60. The lowest BCUT2D eigenvalue weighted by molar-refractivity contribution is 0.324. The standard InChI is InChI=1S/C29H23BrN2O3S2/c1-3-12-35-27-21(30)14-17(15-22(27)34-2)16-24-28(33)32-26(23-9-6-13-36-23)20-11-10-18-7-4-5-8-19(18)25(20)31-29(32)37-24/h3-9,13-16,26H,1,10-12H2,2H3. The van der Waals surface area contributed by atoms with Gasteiger partial charge in [0.05, 0.1) is 27.9 Å². The van der Waals surface area contributed by atoms with Crippen LogP contribution in [0.25, 0.3) is 11.8 Å². The predicted octanol–water partition coefficient (Wildman–Crippen LogP) is 5.72. The maximum absolute atomic E-state index is 13.9. The van der Waals surface area contributed by atoms with E-state index in [4.69, 9.17) is 14.5 Å². The maximum atomic E-state index is 13.9. The Morgan fingerprint density at radius 1 is 1.22 bits per heavy atom. The van der Waals surface area contributed by atoms with Crippen LogP contribution in [0.3, 0.4) is 0 Å². The second-order valence-electron chi connectivity index (χ2n) is 8.76. The van der Waals surface area contributed by atoms with E-state index in [0.29, 0.717) is 22.6 Å². The Hall–Kier alpha value is -3.20. The van der Waals surface area contributed by atoms with Crippen molar-refractivity contribution in [1.29, 1.82) is 0 Å². The van der Waals surface area contributed by atoms with Crippen molar-refractivity contribution in [3.63, 3.8) is 0 Å². The molecule has 3 heterocycles. The number of fused-ring (bicyclic) bond motifs is 3. The molecule has 5 nitrogen and oxygen atoms in total. The minimum Gasteiger partial charge on any atom is -0.493 e. The van der Waals surface area contributed by atoms with Crippen molar-refractivity contribution in [1.82, 2.24) is 4.57 Å². The molecule has 186 valence electrons. The Bertz CT molecular complexity index is 1730. The summed E-state index contributed by atoms with van der Waals surface area (Å²) in [6.45, 7) is 4.07. The van der Waals surface area contributed by atoms with Gasteiger partial charge < -0.3 is 9.47 Å². The smallest absolute Gasteiger partial charge is 0.271 e. The molecule has 0 saturated heterocycles. The molecule has 0 spiro atoms. The van der Waals surface area contributed by atoms with E-state index in [-0.39, 0.29) is 11.6 Å². The number of halogens is 1. The highest BCUT2D eigenvalue weighted by atomic mass is 79.9. The average molecular weight is 592 g/mol. The van der Waals surface area contributed by atoms with Crippen LogP contribution in [0.15, 0.2) is 86.4 Å². The van der Waals surface area contributed by atoms with E-state index in [0.717, 1.165) is 38.3 Å². The normalized spacial score (nSPS) is 16.5. The molecule has 6 rings (SSSR count). The third kappa shape index (κ3) is 4.23. The quantitative estimate of drug-likeness (QED) is 0.270. The third-order valence-electron chi connectivity index (χ3n) is 6.58. The van der Waals surface area contributed by atoms with E-state index in [2.05, 4.69) is 58.2 Å². The Labute approximate surface area is 230 Å². The molecule has 0 amide bonds. The topological polar surface area (TPSA) is 52.8 Å². The number of thiophene rings is 1. The predicted molar refractivity (Wildman–Crippen MR) is 153 cm³/mol. The van der Waals surface area contributed by atoms with E-state index in [9.17, 15) is 4.79 Å². The van der Waals surface area contributed by atoms with Crippen LogP contribution in [0.4, 0.5) is 0 Å². The zero-order chi connectivity index (χ0) is 25.5. The molecule has 0 N–H and O–H groups in total. The fourth-order valence-electron chi connectivity index (χ4n) is 4.97. The van der Waals surface area contributed by atoms with Crippen LogP contribution in [0.2, 0.25) is 0 Å². The number of allylic oxidation sites excluding steroid dienone is 1. The number of hydrogen-bond donors (Lipinski definition) is 0. The van der Waals surface area contributed by atoms with Gasteiger partial charge in [-0.1, -0.05) is 54.3 Å². The van der Waals surface area contributed by atoms with Crippen LogP contribution in [0, 0.1) is 0 Å². The Kier molecular flexibility index (Phi) is 6.48. The molecule has 2 aromatic carbocycles. The van der Waals surface area contributed by atoms with Gasteiger partial charge in [-0.3, -0.25) is 9.36 Å². The molecule has 8 heteroatoms. The van der Waals surface area contributed by atoms with Crippen molar-refractivity contribution in [3.05, 3.63) is 118 Å². The molecule has 2 aromatic heterocycles. The van der Waals surface area contributed by atoms with E-state index in [1.807, 2.05) is 28.8 Å². The summed E-state index contributed by atoms with van der Waals surface area (Å²) in [5.41, 5.74) is 5.52. The number of nitrogens with zero attached hydrogens (tertiary/aromatic N) is 2. The van der Waals surface area contributed by atoms with Gasteiger partial charge in [-0.05, 0) is 75.1 Å². The monoisotopic (exact) mass is 590 g/mol. The average Bonchev–Trinajstić information content (AvgIpc) is 3.55. The van der Waals surface area contributed by atoms with Crippen molar-refractivity contribution in [3.8, 4) is 11.5 Å². The van der Waals surface area contributed by atoms with Gasteiger partial charge in [0.1, 0.15) is 6.61 Å². The first-order valence-electron chi connectivity index (χ1n) is 11.9. The minimum atomic E-state index is -0.141. The first-order valence-corrected chi connectivity index (χ1v) is 14.4. The second kappa shape index (κ2) is 9.93. The summed E-state index contributed by atoms with van der Waals surface area (Å²) in [4.78, 5) is 20.8. The first-order chi connectivity index (χ1) is 18.1. The zero-order valence-corrected chi connectivity index (χ0v) is 23.3.